The zero-order valence-electron chi connectivity index (χ0n) is 15.3. The van der Waals surface area contributed by atoms with Crippen LogP contribution in [-0.4, -0.2) is 27.8 Å². The van der Waals surface area contributed by atoms with Gasteiger partial charge in [-0.05, 0) is 47.9 Å². The number of hydrogen-bond acceptors (Lipinski definition) is 6. The fraction of sp³-hybridized carbons (Fsp3) is 0.400. The minimum atomic E-state index is 0.118. The van der Waals surface area contributed by atoms with Crippen molar-refractivity contribution in [3.63, 3.8) is 0 Å². The highest BCUT2D eigenvalue weighted by molar-refractivity contribution is 7.18. The first kappa shape index (κ1) is 18.3. The molecule has 3 heterocycles. The third-order valence-electron chi connectivity index (χ3n) is 4.73. The first-order valence-electron chi connectivity index (χ1n) is 9.06. The van der Waals surface area contributed by atoms with Gasteiger partial charge in [0.2, 0.25) is 5.88 Å². The lowest BCUT2D eigenvalue weighted by Crippen LogP contribution is -2.09. The molecule has 27 heavy (non-hydrogen) atoms. The summed E-state index contributed by atoms with van der Waals surface area (Å²) in [7, 11) is 1.52. The van der Waals surface area contributed by atoms with E-state index < -0.39 is 0 Å². The maximum Gasteiger partial charge on any atom is 0.232 e. The number of ketones is 1. The van der Waals surface area contributed by atoms with Gasteiger partial charge < -0.3 is 4.74 Å². The van der Waals surface area contributed by atoms with E-state index in [-0.39, 0.29) is 12.2 Å². The molecule has 0 radical (unpaired) electrons. The normalized spacial score (nSPS) is 13.9. The molecule has 0 unspecified atom stereocenters. The number of thiazole rings is 1. The molecule has 7 heteroatoms. The van der Waals surface area contributed by atoms with Crippen molar-refractivity contribution >= 4 is 39.1 Å². The van der Waals surface area contributed by atoms with Crippen molar-refractivity contribution in [3.8, 4) is 5.88 Å². The van der Waals surface area contributed by atoms with Crippen molar-refractivity contribution in [1.82, 2.24) is 15.0 Å². The summed E-state index contributed by atoms with van der Waals surface area (Å²) < 4.78 is 5.06. The van der Waals surface area contributed by atoms with Crippen molar-refractivity contribution in [2.45, 2.75) is 44.9 Å². The Morgan fingerprint density at radius 3 is 2.78 bits per heavy atom. The largest absolute Gasteiger partial charge is 0.480 e. The van der Waals surface area contributed by atoms with E-state index in [1.54, 1.807) is 23.6 Å². The zero-order chi connectivity index (χ0) is 19.0. The first-order valence-corrected chi connectivity index (χ1v) is 10.3. The van der Waals surface area contributed by atoms with Crippen molar-refractivity contribution in [2.24, 2.45) is 0 Å². The summed E-state index contributed by atoms with van der Waals surface area (Å²) in [6.07, 6.45) is 7.39. The van der Waals surface area contributed by atoms with E-state index in [0.29, 0.717) is 23.2 Å². The molecule has 0 amide bonds. The van der Waals surface area contributed by atoms with Crippen LogP contribution < -0.4 is 4.74 Å². The summed E-state index contributed by atoms with van der Waals surface area (Å²) >= 11 is 7.76. The second kappa shape index (κ2) is 7.52. The molecule has 0 bridgehead atoms. The third-order valence-corrected chi connectivity index (χ3v) is 6.11. The molecule has 0 atom stereocenters. The van der Waals surface area contributed by atoms with Crippen molar-refractivity contribution in [1.29, 1.82) is 0 Å². The van der Waals surface area contributed by atoms with Crippen molar-refractivity contribution in [2.75, 3.05) is 7.11 Å². The van der Waals surface area contributed by atoms with Crippen LogP contribution in [-0.2, 0) is 24.1 Å². The Bertz CT molecular complexity index is 1010. The van der Waals surface area contributed by atoms with E-state index in [0.717, 1.165) is 45.7 Å². The molecule has 4 rings (SSSR count). The predicted molar refractivity (Wildman–Crippen MR) is 107 cm³/mol. The number of carbonyl (C=O) groups is 1. The highest BCUT2D eigenvalue weighted by atomic mass is 35.5. The van der Waals surface area contributed by atoms with Gasteiger partial charge in [0.05, 0.1) is 12.1 Å². The van der Waals surface area contributed by atoms with Gasteiger partial charge in [0, 0.05) is 25.2 Å². The van der Waals surface area contributed by atoms with Gasteiger partial charge in [-0.25, -0.2) is 15.0 Å². The SMILES string of the molecule is CCc1nc2c(C3CC3)c(CC(=O)Cc3cnc(OC)c(Cl)c3)cnc2s1. The number of nitrogens with zero attached hydrogens (tertiary/aromatic N) is 3. The Hall–Kier alpha value is -2.05. The maximum absolute atomic E-state index is 12.7. The molecule has 1 fully saturated rings. The topological polar surface area (TPSA) is 65.0 Å². The van der Waals surface area contributed by atoms with E-state index in [4.69, 9.17) is 21.3 Å². The second-order valence-corrected chi connectivity index (χ2v) is 8.28. The average Bonchev–Trinajstić information content (AvgIpc) is 3.39. The van der Waals surface area contributed by atoms with Gasteiger partial charge in [0.1, 0.15) is 21.2 Å². The standard InChI is InChI=1S/C20H20ClN3O2S/c1-3-16-24-18-17(12-4-5-12)13(10-23-20(18)27-16)8-14(25)6-11-7-15(21)19(26-2)22-9-11/h7,9-10,12H,3-6,8H2,1-2H3. The number of ether oxygens (including phenoxy) is 1. The van der Waals surface area contributed by atoms with Crippen LogP contribution in [0.25, 0.3) is 10.3 Å². The summed E-state index contributed by atoms with van der Waals surface area (Å²) in [6.45, 7) is 2.10. The van der Waals surface area contributed by atoms with Crippen LogP contribution >= 0.6 is 22.9 Å². The lowest BCUT2D eigenvalue weighted by Gasteiger charge is -2.09. The Morgan fingerprint density at radius 1 is 1.30 bits per heavy atom. The molecule has 3 aromatic heterocycles. The molecule has 140 valence electrons. The summed E-state index contributed by atoms with van der Waals surface area (Å²) in [5.41, 5.74) is 4.03. The van der Waals surface area contributed by atoms with Gasteiger partial charge in [-0.3, -0.25) is 4.79 Å². The number of rotatable bonds is 7. The first-order chi connectivity index (χ1) is 13.1. The molecule has 1 saturated carbocycles. The number of Topliss-reactive ketones (excluding diaryl/α,β-unsaturated/α-hetero) is 1. The molecule has 1 aliphatic rings. The third kappa shape index (κ3) is 3.82. The van der Waals surface area contributed by atoms with Crippen LogP contribution in [0.5, 0.6) is 5.88 Å². The Balaban J connectivity index is 1.58. The maximum atomic E-state index is 12.7. The molecule has 1 aliphatic carbocycles. The second-order valence-electron chi connectivity index (χ2n) is 6.81. The molecular weight excluding hydrogens is 382 g/mol. The summed E-state index contributed by atoms with van der Waals surface area (Å²) in [6, 6.07) is 1.74. The Morgan fingerprint density at radius 2 is 2.11 bits per heavy atom. The lowest BCUT2D eigenvalue weighted by atomic mass is 9.98. The fourth-order valence-corrected chi connectivity index (χ4v) is 4.44. The molecule has 0 N–H and O–H groups in total. The zero-order valence-corrected chi connectivity index (χ0v) is 16.9. The quantitative estimate of drug-likeness (QED) is 0.581. The summed E-state index contributed by atoms with van der Waals surface area (Å²) in [5.74, 6) is 1.00. The number of pyridine rings is 2. The van der Waals surface area contributed by atoms with E-state index in [9.17, 15) is 4.79 Å². The fourth-order valence-electron chi connectivity index (χ4n) is 3.31. The van der Waals surface area contributed by atoms with Crippen LogP contribution in [0.4, 0.5) is 0 Å². The van der Waals surface area contributed by atoms with Crippen molar-refractivity contribution < 1.29 is 9.53 Å². The van der Waals surface area contributed by atoms with Crippen LogP contribution in [0.3, 0.4) is 0 Å². The van der Waals surface area contributed by atoms with Gasteiger partial charge in [-0.1, -0.05) is 29.9 Å². The van der Waals surface area contributed by atoms with Crippen molar-refractivity contribution in [3.05, 3.63) is 45.2 Å². The number of hydrogen-bond donors (Lipinski definition) is 0. The van der Waals surface area contributed by atoms with E-state index in [1.807, 2.05) is 6.20 Å². The Labute approximate surface area is 166 Å². The van der Waals surface area contributed by atoms with Gasteiger partial charge in [-0.15, -0.1) is 0 Å². The lowest BCUT2D eigenvalue weighted by molar-refractivity contribution is -0.117. The van der Waals surface area contributed by atoms with Gasteiger partial charge >= 0.3 is 0 Å². The molecule has 0 saturated heterocycles. The molecular formula is C20H20ClN3O2S. The van der Waals surface area contributed by atoms with E-state index >= 15 is 0 Å². The summed E-state index contributed by atoms with van der Waals surface area (Å²) in [4.78, 5) is 27.2. The highest BCUT2D eigenvalue weighted by Crippen LogP contribution is 2.45. The summed E-state index contributed by atoms with van der Waals surface area (Å²) in [5, 5.41) is 1.51. The van der Waals surface area contributed by atoms with Crippen LogP contribution in [0.15, 0.2) is 18.5 Å². The number of halogens is 1. The van der Waals surface area contributed by atoms with Gasteiger partial charge in [-0.2, -0.15) is 0 Å². The minimum Gasteiger partial charge on any atom is -0.480 e. The van der Waals surface area contributed by atoms with Crippen LogP contribution in [0.2, 0.25) is 5.02 Å². The molecule has 3 aromatic rings. The molecule has 0 aromatic carbocycles. The van der Waals surface area contributed by atoms with Crippen LogP contribution in [0, 0.1) is 0 Å². The molecule has 5 nitrogen and oxygen atoms in total. The number of aryl methyl sites for hydroxylation is 1. The number of fused-ring (bicyclic) bond motifs is 1. The average molecular weight is 402 g/mol. The molecule has 0 aliphatic heterocycles. The van der Waals surface area contributed by atoms with Gasteiger partial charge in [0.25, 0.3) is 0 Å². The predicted octanol–water partition coefficient (Wildman–Crippen LogP) is 4.54. The molecule has 0 spiro atoms. The monoisotopic (exact) mass is 401 g/mol. The van der Waals surface area contributed by atoms with Crippen LogP contribution in [0.1, 0.15) is 47.4 Å². The van der Waals surface area contributed by atoms with E-state index in [1.165, 1.54) is 12.7 Å². The number of methoxy groups -OCH3 is 1. The number of carbonyl (C=O) groups excluding carboxylic acids is 1. The highest BCUT2D eigenvalue weighted by Gasteiger charge is 2.30. The van der Waals surface area contributed by atoms with E-state index in [2.05, 4.69) is 16.9 Å². The minimum absolute atomic E-state index is 0.118. The van der Waals surface area contributed by atoms with Gasteiger partial charge in [0.15, 0.2) is 0 Å². The Kier molecular flexibility index (Phi) is 5.10. The smallest absolute Gasteiger partial charge is 0.232 e. The number of aromatic nitrogens is 3.